The predicted octanol–water partition coefficient (Wildman–Crippen LogP) is 4.22. The highest BCUT2D eigenvalue weighted by molar-refractivity contribution is 6.30. The zero-order valence-electron chi connectivity index (χ0n) is 22.2. The van der Waals surface area contributed by atoms with Crippen LogP contribution in [0.25, 0.3) is 0 Å². The number of benzene rings is 1. The van der Waals surface area contributed by atoms with Crippen LogP contribution in [0, 0.1) is 11.8 Å². The van der Waals surface area contributed by atoms with Crippen LogP contribution in [0.5, 0.6) is 0 Å². The molecule has 2 aliphatic rings. The van der Waals surface area contributed by atoms with Crippen molar-refractivity contribution in [2.24, 2.45) is 11.8 Å². The predicted molar refractivity (Wildman–Crippen MR) is 144 cm³/mol. The third kappa shape index (κ3) is 9.63. The van der Waals surface area contributed by atoms with Crippen LogP contribution in [0.2, 0.25) is 5.02 Å². The van der Waals surface area contributed by atoms with Crippen molar-refractivity contribution in [1.29, 1.82) is 0 Å². The van der Waals surface area contributed by atoms with Gasteiger partial charge < -0.3 is 35.0 Å². The summed E-state index contributed by atoms with van der Waals surface area (Å²) in [6.07, 6.45) is 5.00. The zero-order chi connectivity index (χ0) is 26.6. The molecule has 0 radical (unpaired) electrons. The number of carbonyl (C=O) groups is 2. The van der Waals surface area contributed by atoms with Gasteiger partial charge in [0.05, 0.1) is 12.7 Å². The molecule has 3 rings (SSSR count). The summed E-state index contributed by atoms with van der Waals surface area (Å²) in [5, 5.41) is 16.3. The van der Waals surface area contributed by atoms with E-state index in [9.17, 15) is 9.59 Å². The van der Waals surface area contributed by atoms with E-state index in [4.69, 9.17) is 26.2 Å². The van der Waals surface area contributed by atoms with E-state index in [1.165, 1.54) is 24.8 Å². The normalized spacial score (nSPS) is 22.1. The number of nitrogens with one attached hydrogen (secondary N) is 2. The maximum Gasteiger partial charge on any atom is 0.407 e. The molecule has 1 unspecified atom stereocenters. The lowest BCUT2D eigenvalue weighted by Crippen LogP contribution is -2.50. The Labute approximate surface area is 225 Å². The Kier molecular flexibility index (Phi) is 12.2. The summed E-state index contributed by atoms with van der Waals surface area (Å²) < 4.78 is 12.0. The number of amides is 3. The first-order valence-electron chi connectivity index (χ1n) is 13.5. The van der Waals surface area contributed by atoms with Gasteiger partial charge in [0.2, 0.25) is 0 Å². The summed E-state index contributed by atoms with van der Waals surface area (Å²) in [5.74, 6) is 0.600. The van der Waals surface area contributed by atoms with Gasteiger partial charge in [-0.05, 0) is 62.8 Å². The molecule has 2 aliphatic heterocycles. The topological polar surface area (TPSA) is 103 Å². The van der Waals surface area contributed by atoms with Crippen LogP contribution in [0.15, 0.2) is 24.3 Å². The second-order valence-corrected chi connectivity index (χ2v) is 10.7. The maximum atomic E-state index is 13.1. The number of halogens is 1. The Hall–Kier alpha value is -2.07. The van der Waals surface area contributed by atoms with E-state index in [1.54, 1.807) is 0 Å². The zero-order valence-corrected chi connectivity index (χ0v) is 22.9. The van der Waals surface area contributed by atoms with Crippen molar-refractivity contribution >= 4 is 23.7 Å². The summed E-state index contributed by atoms with van der Waals surface area (Å²) in [7, 11) is 3.47. The average molecular weight is 539 g/mol. The SMILES string of the molecule is CN[C@@H](CNC(=O)N1CCC[C@@H](C(OCCN(C)C(=O)O)c2cccc(Cl)c2)C1)C[C@H]1CCCCOC1. The number of hydrogen-bond donors (Lipinski definition) is 3. The smallest absolute Gasteiger partial charge is 0.407 e. The van der Waals surface area contributed by atoms with E-state index in [0.717, 1.165) is 44.5 Å². The molecule has 3 amide bonds. The second-order valence-electron chi connectivity index (χ2n) is 10.2. The standard InChI is InChI=1S/C27H43ClN4O5/c1-29-24(15-20-7-3-4-13-36-19-20)17-30-26(33)32-11-6-9-22(18-32)25(21-8-5-10-23(28)16-21)37-14-12-31(2)27(34)35/h5,8,10,16,20,22,24-25,29H,3-4,6-7,9,11-15,17-19H2,1-2H3,(H,30,33)(H,34,35)/t20-,22-,24-,25?/m1/s1. The number of piperidine rings is 1. The van der Waals surface area contributed by atoms with E-state index < -0.39 is 6.09 Å². The fraction of sp³-hybridized carbons (Fsp3) is 0.704. The highest BCUT2D eigenvalue weighted by atomic mass is 35.5. The van der Waals surface area contributed by atoms with Gasteiger partial charge in [0, 0.05) is 63.4 Å². The van der Waals surface area contributed by atoms with Crippen molar-refractivity contribution < 1.29 is 24.2 Å². The number of carboxylic acid groups (broad SMARTS) is 1. The highest BCUT2D eigenvalue weighted by Gasteiger charge is 2.32. The molecule has 0 aromatic heterocycles. The van der Waals surface area contributed by atoms with Crippen molar-refractivity contribution in [2.45, 2.75) is 50.7 Å². The summed E-state index contributed by atoms with van der Waals surface area (Å²) in [6.45, 7) is 4.02. The Morgan fingerprint density at radius 3 is 2.89 bits per heavy atom. The van der Waals surface area contributed by atoms with Gasteiger partial charge in [0.1, 0.15) is 0 Å². The van der Waals surface area contributed by atoms with Crippen LogP contribution in [0.3, 0.4) is 0 Å². The van der Waals surface area contributed by atoms with Crippen LogP contribution < -0.4 is 10.6 Å². The fourth-order valence-corrected chi connectivity index (χ4v) is 5.42. The number of ether oxygens (including phenoxy) is 2. The number of hydrogen-bond acceptors (Lipinski definition) is 5. The number of likely N-dealkylation sites (tertiary alicyclic amines) is 1. The number of nitrogens with zero attached hydrogens (tertiary/aromatic N) is 2. The van der Waals surface area contributed by atoms with Crippen molar-refractivity contribution in [3.8, 4) is 0 Å². The second kappa shape index (κ2) is 15.4. The largest absolute Gasteiger partial charge is 0.465 e. The Balaban J connectivity index is 1.57. The lowest BCUT2D eigenvalue weighted by molar-refractivity contribution is -0.0154. The summed E-state index contributed by atoms with van der Waals surface area (Å²) in [5.41, 5.74) is 0.943. The molecule has 2 heterocycles. The van der Waals surface area contributed by atoms with Crippen LogP contribution in [0.4, 0.5) is 9.59 Å². The van der Waals surface area contributed by atoms with E-state index in [1.807, 2.05) is 36.2 Å². The first-order valence-corrected chi connectivity index (χ1v) is 13.8. The van der Waals surface area contributed by atoms with Gasteiger partial charge in [-0.3, -0.25) is 0 Å². The molecular weight excluding hydrogens is 496 g/mol. The lowest BCUT2D eigenvalue weighted by atomic mass is 9.88. The van der Waals surface area contributed by atoms with E-state index >= 15 is 0 Å². The minimum atomic E-state index is -0.991. The van der Waals surface area contributed by atoms with E-state index in [0.29, 0.717) is 30.6 Å². The molecule has 0 spiro atoms. The van der Waals surface area contributed by atoms with Gasteiger partial charge in [-0.2, -0.15) is 0 Å². The number of carbonyl (C=O) groups excluding carboxylic acids is 1. The molecule has 10 heteroatoms. The van der Waals surface area contributed by atoms with Gasteiger partial charge in [0.15, 0.2) is 0 Å². The molecule has 1 aromatic rings. The maximum absolute atomic E-state index is 13.1. The number of rotatable bonds is 11. The summed E-state index contributed by atoms with van der Waals surface area (Å²) in [6, 6.07) is 7.72. The Bertz CT molecular complexity index is 852. The monoisotopic (exact) mass is 538 g/mol. The molecule has 2 fully saturated rings. The third-order valence-electron chi connectivity index (χ3n) is 7.43. The van der Waals surface area contributed by atoms with Crippen molar-refractivity contribution in [1.82, 2.24) is 20.4 Å². The van der Waals surface area contributed by atoms with Crippen LogP contribution in [-0.2, 0) is 9.47 Å². The quantitative estimate of drug-likeness (QED) is 0.390. The van der Waals surface area contributed by atoms with E-state index in [-0.39, 0.29) is 37.2 Å². The lowest BCUT2D eigenvalue weighted by Gasteiger charge is -2.37. The molecule has 0 bridgehead atoms. The van der Waals surface area contributed by atoms with Gasteiger partial charge in [0.25, 0.3) is 0 Å². The molecular formula is C27H43ClN4O5. The van der Waals surface area contributed by atoms with Gasteiger partial charge >= 0.3 is 12.1 Å². The fourth-order valence-electron chi connectivity index (χ4n) is 5.23. The van der Waals surface area contributed by atoms with E-state index in [2.05, 4.69) is 10.6 Å². The molecule has 0 saturated carbocycles. The summed E-state index contributed by atoms with van der Waals surface area (Å²) >= 11 is 6.27. The minimum Gasteiger partial charge on any atom is -0.465 e. The van der Waals surface area contributed by atoms with Gasteiger partial charge in [-0.15, -0.1) is 0 Å². The molecule has 3 N–H and O–H groups in total. The molecule has 9 nitrogen and oxygen atoms in total. The van der Waals surface area contributed by atoms with Gasteiger partial charge in [-0.25, -0.2) is 9.59 Å². The van der Waals surface area contributed by atoms with Crippen LogP contribution in [0.1, 0.15) is 50.2 Å². The Morgan fingerprint density at radius 1 is 1.30 bits per heavy atom. The molecule has 208 valence electrons. The average Bonchev–Trinajstić information content (AvgIpc) is 3.17. The molecule has 0 aliphatic carbocycles. The minimum absolute atomic E-state index is 0.0579. The van der Waals surface area contributed by atoms with Crippen molar-refractivity contribution in [3.05, 3.63) is 34.9 Å². The van der Waals surface area contributed by atoms with Crippen LogP contribution >= 0.6 is 11.6 Å². The van der Waals surface area contributed by atoms with Crippen molar-refractivity contribution in [2.75, 3.05) is 60.1 Å². The Morgan fingerprint density at radius 2 is 2.14 bits per heavy atom. The summed E-state index contributed by atoms with van der Waals surface area (Å²) in [4.78, 5) is 27.4. The first kappa shape index (κ1) is 29.5. The molecule has 37 heavy (non-hydrogen) atoms. The van der Waals surface area contributed by atoms with Crippen molar-refractivity contribution in [3.63, 3.8) is 0 Å². The number of likely N-dealkylation sites (N-methyl/N-ethyl adjacent to an activating group) is 2. The highest BCUT2D eigenvalue weighted by Crippen LogP contribution is 2.34. The first-order chi connectivity index (χ1) is 17.9. The molecule has 2 saturated heterocycles. The van der Waals surface area contributed by atoms with Crippen LogP contribution in [-0.4, -0.2) is 93.2 Å². The molecule has 4 atom stereocenters. The third-order valence-corrected chi connectivity index (χ3v) is 7.67. The van der Waals surface area contributed by atoms with Gasteiger partial charge in [-0.1, -0.05) is 30.2 Å². The molecule has 1 aromatic carbocycles. The number of urea groups is 1.